The topological polar surface area (TPSA) is 73.4 Å². The fourth-order valence-electron chi connectivity index (χ4n) is 3.13. The fraction of sp³-hybridized carbons (Fsp3) is 0.444. The third-order valence-corrected chi connectivity index (χ3v) is 4.52. The largest absolute Gasteiger partial charge is 0.480 e. The molecule has 2 heterocycles. The number of aromatic nitrogens is 1. The van der Waals surface area contributed by atoms with Crippen molar-refractivity contribution < 1.29 is 14.7 Å². The Labute approximate surface area is 135 Å². The molecule has 23 heavy (non-hydrogen) atoms. The molecule has 1 fully saturated rings. The summed E-state index contributed by atoms with van der Waals surface area (Å²) in [6.45, 7) is 6.93. The van der Waals surface area contributed by atoms with Crippen LogP contribution in [0.25, 0.3) is 10.9 Å². The highest BCUT2D eigenvalue weighted by Crippen LogP contribution is 2.27. The maximum atomic E-state index is 12.6. The Morgan fingerprint density at radius 3 is 2.65 bits per heavy atom. The van der Waals surface area contributed by atoms with Crippen LogP contribution in [0.15, 0.2) is 24.3 Å². The number of nitrogens with zero attached hydrogens (tertiary/aromatic N) is 1. The number of aromatic amines is 1. The van der Waals surface area contributed by atoms with Crippen LogP contribution >= 0.6 is 0 Å². The molecule has 0 saturated carbocycles. The average molecular weight is 314 g/mol. The number of H-pyrrole nitrogens is 1. The van der Waals surface area contributed by atoms with Crippen molar-refractivity contribution in [3.8, 4) is 0 Å². The second-order valence-corrected chi connectivity index (χ2v) is 7.23. The van der Waals surface area contributed by atoms with E-state index >= 15 is 0 Å². The molecule has 0 bridgehead atoms. The monoisotopic (exact) mass is 314 g/mol. The minimum atomic E-state index is -0.929. The highest BCUT2D eigenvalue weighted by atomic mass is 16.4. The van der Waals surface area contributed by atoms with E-state index in [1.165, 1.54) is 10.5 Å². The van der Waals surface area contributed by atoms with Gasteiger partial charge in [-0.2, -0.15) is 0 Å². The number of amides is 1. The zero-order valence-electron chi connectivity index (χ0n) is 13.7. The van der Waals surface area contributed by atoms with Gasteiger partial charge in [0, 0.05) is 17.4 Å². The number of carboxylic acids is 1. The number of hydrogen-bond acceptors (Lipinski definition) is 2. The van der Waals surface area contributed by atoms with Gasteiger partial charge in [-0.3, -0.25) is 4.79 Å². The van der Waals surface area contributed by atoms with Crippen molar-refractivity contribution >= 4 is 22.8 Å². The summed E-state index contributed by atoms with van der Waals surface area (Å²) in [6, 6.07) is 7.23. The van der Waals surface area contributed by atoms with Crippen molar-refractivity contribution in [3.05, 3.63) is 35.5 Å². The summed E-state index contributed by atoms with van der Waals surface area (Å²) in [5.74, 6) is -1.16. The van der Waals surface area contributed by atoms with Crippen molar-refractivity contribution in [2.24, 2.45) is 0 Å². The van der Waals surface area contributed by atoms with Crippen LogP contribution in [-0.2, 0) is 10.2 Å². The first-order valence-electron chi connectivity index (χ1n) is 7.94. The van der Waals surface area contributed by atoms with Gasteiger partial charge in [-0.05, 0) is 36.0 Å². The minimum absolute atomic E-state index is 0.0346. The number of likely N-dealkylation sites (tertiary alicyclic amines) is 1. The van der Waals surface area contributed by atoms with Gasteiger partial charge >= 0.3 is 5.97 Å². The molecule has 2 N–H and O–H groups in total. The number of nitrogens with one attached hydrogen (secondary N) is 1. The van der Waals surface area contributed by atoms with Gasteiger partial charge in [-0.1, -0.05) is 32.9 Å². The van der Waals surface area contributed by atoms with Crippen molar-refractivity contribution in [1.82, 2.24) is 9.88 Å². The molecule has 2 aromatic rings. The second-order valence-electron chi connectivity index (χ2n) is 7.23. The van der Waals surface area contributed by atoms with E-state index in [2.05, 4.69) is 37.9 Å². The van der Waals surface area contributed by atoms with E-state index in [0.29, 0.717) is 18.7 Å². The van der Waals surface area contributed by atoms with E-state index in [1.54, 1.807) is 6.07 Å². The van der Waals surface area contributed by atoms with Crippen LogP contribution in [0.2, 0.25) is 0 Å². The number of carbonyl (C=O) groups is 2. The SMILES string of the molecule is CC(C)(C)c1ccc2cc(C(=O)N3CCCC3C(=O)O)[nH]c2c1. The summed E-state index contributed by atoms with van der Waals surface area (Å²) in [5.41, 5.74) is 2.59. The number of benzene rings is 1. The number of carboxylic acid groups (broad SMARTS) is 1. The summed E-state index contributed by atoms with van der Waals surface area (Å²) in [6.07, 6.45) is 1.26. The van der Waals surface area contributed by atoms with Crippen molar-refractivity contribution in [3.63, 3.8) is 0 Å². The zero-order chi connectivity index (χ0) is 16.8. The molecule has 122 valence electrons. The first-order chi connectivity index (χ1) is 10.8. The quantitative estimate of drug-likeness (QED) is 0.894. The van der Waals surface area contributed by atoms with Gasteiger partial charge in [0.1, 0.15) is 11.7 Å². The van der Waals surface area contributed by atoms with Crippen molar-refractivity contribution in [2.45, 2.75) is 45.1 Å². The first-order valence-corrected chi connectivity index (χ1v) is 7.94. The molecule has 1 aromatic heterocycles. The lowest BCUT2D eigenvalue weighted by Gasteiger charge is -2.20. The van der Waals surface area contributed by atoms with Crippen LogP contribution < -0.4 is 0 Å². The molecule has 1 atom stereocenters. The number of rotatable bonds is 2. The zero-order valence-corrected chi connectivity index (χ0v) is 13.7. The standard InChI is InChI=1S/C18H22N2O3/c1-18(2,3)12-7-6-11-9-14(19-13(11)10-12)16(21)20-8-4-5-15(20)17(22)23/h6-7,9-10,15,19H,4-5,8H2,1-3H3,(H,22,23). The highest BCUT2D eigenvalue weighted by Gasteiger charge is 2.35. The van der Waals surface area contributed by atoms with E-state index < -0.39 is 12.0 Å². The smallest absolute Gasteiger partial charge is 0.326 e. The third-order valence-electron chi connectivity index (χ3n) is 4.52. The lowest BCUT2D eigenvalue weighted by atomic mass is 9.87. The van der Waals surface area contributed by atoms with E-state index in [-0.39, 0.29) is 11.3 Å². The average Bonchev–Trinajstić information content (AvgIpc) is 3.11. The summed E-state index contributed by atoms with van der Waals surface area (Å²) in [4.78, 5) is 28.5. The molecular weight excluding hydrogens is 292 g/mol. The van der Waals surface area contributed by atoms with Gasteiger partial charge in [0.05, 0.1) is 0 Å². The number of carbonyl (C=O) groups excluding carboxylic acids is 1. The highest BCUT2D eigenvalue weighted by molar-refractivity contribution is 6.00. The van der Waals surface area contributed by atoms with Crippen LogP contribution in [0.4, 0.5) is 0 Å². The first kappa shape index (κ1) is 15.6. The molecular formula is C18H22N2O3. The lowest BCUT2D eigenvalue weighted by molar-refractivity contribution is -0.141. The Morgan fingerprint density at radius 1 is 1.26 bits per heavy atom. The minimum Gasteiger partial charge on any atom is -0.480 e. The number of hydrogen-bond donors (Lipinski definition) is 2. The molecule has 0 radical (unpaired) electrons. The maximum Gasteiger partial charge on any atom is 0.326 e. The molecule has 1 unspecified atom stereocenters. The molecule has 0 aliphatic carbocycles. The molecule has 1 saturated heterocycles. The molecule has 5 nitrogen and oxygen atoms in total. The lowest BCUT2D eigenvalue weighted by Crippen LogP contribution is -2.40. The molecule has 1 aliphatic heterocycles. The Hall–Kier alpha value is -2.30. The van der Waals surface area contributed by atoms with Crippen molar-refractivity contribution in [2.75, 3.05) is 6.54 Å². The van der Waals surface area contributed by atoms with Gasteiger partial charge in [-0.15, -0.1) is 0 Å². The summed E-state index contributed by atoms with van der Waals surface area (Å²) >= 11 is 0. The predicted octanol–water partition coefficient (Wildman–Crippen LogP) is 3.15. The van der Waals surface area contributed by atoms with E-state index in [9.17, 15) is 14.7 Å². The predicted molar refractivity (Wildman–Crippen MR) is 88.7 cm³/mol. The van der Waals surface area contributed by atoms with Gasteiger partial charge < -0.3 is 15.0 Å². The van der Waals surface area contributed by atoms with Crippen LogP contribution in [0.5, 0.6) is 0 Å². The summed E-state index contributed by atoms with van der Waals surface area (Å²) in [7, 11) is 0. The Bertz CT molecular complexity index is 770. The molecule has 3 rings (SSSR count). The van der Waals surface area contributed by atoms with Gasteiger partial charge in [-0.25, -0.2) is 4.79 Å². The van der Waals surface area contributed by atoms with Crippen molar-refractivity contribution in [1.29, 1.82) is 0 Å². The van der Waals surface area contributed by atoms with Gasteiger partial charge in [0.15, 0.2) is 0 Å². The van der Waals surface area contributed by atoms with E-state index in [1.807, 2.05) is 6.07 Å². The maximum absolute atomic E-state index is 12.6. The van der Waals surface area contributed by atoms with Crippen LogP contribution in [0, 0.1) is 0 Å². The Morgan fingerprint density at radius 2 is 2.00 bits per heavy atom. The Kier molecular flexibility index (Phi) is 3.66. The van der Waals surface area contributed by atoms with Crippen LogP contribution in [0.1, 0.15) is 49.7 Å². The van der Waals surface area contributed by atoms with Gasteiger partial charge in [0.25, 0.3) is 5.91 Å². The third kappa shape index (κ3) is 2.83. The molecule has 1 aliphatic rings. The van der Waals surface area contributed by atoms with E-state index in [0.717, 1.165) is 17.3 Å². The fourth-order valence-corrected chi connectivity index (χ4v) is 3.13. The van der Waals surface area contributed by atoms with Gasteiger partial charge in [0.2, 0.25) is 0 Å². The second kappa shape index (κ2) is 5.41. The summed E-state index contributed by atoms with van der Waals surface area (Å²) in [5, 5.41) is 10.2. The van der Waals surface area contributed by atoms with E-state index in [4.69, 9.17) is 0 Å². The molecule has 0 spiro atoms. The number of fused-ring (bicyclic) bond motifs is 1. The summed E-state index contributed by atoms with van der Waals surface area (Å²) < 4.78 is 0. The molecule has 1 aromatic carbocycles. The normalized spacial score (nSPS) is 18.6. The molecule has 5 heteroatoms. The van der Waals surface area contributed by atoms with Crippen LogP contribution in [0.3, 0.4) is 0 Å². The number of aliphatic carboxylic acids is 1. The Balaban J connectivity index is 1.94. The van der Waals surface area contributed by atoms with Crippen LogP contribution in [-0.4, -0.2) is 39.5 Å². The molecule has 1 amide bonds.